The Morgan fingerprint density at radius 3 is 2.20 bits per heavy atom. The van der Waals surface area contributed by atoms with Crippen LogP contribution in [0.2, 0.25) is 0 Å². The third-order valence-corrected chi connectivity index (χ3v) is 3.54. The Hall–Kier alpha value is -1.98. The van der Waals surface area contributed by atoms with E-state index in [1.54, 1.807) is 13.8 Å². The summed E-state index contributed by atoms with van der Waals surface area (Å²) in [7, 11) is 0. The van der Waals surface area contributed by atoms with Crippen molar-refractivity contribution in [1.82, 2.24) is 0 Å². The van der Waals surface area contributed by atoms with Gasteiger partial charge in [0.1, 0.15) is 12.2 Å². The third kappa shape index (κ3) is 3.53. The molecular weight excluding hydrogens is 264 g/mol. The molecule has 1 rings (SSSR count). The molecule has 0 amide bonds. The number of ketones is 1. The number of carbonyl (C=O) groups is 4. The lowest BCUT2D eigenvalue weighted by molar-refractivity contribution is -0.161. The van der Waals surface area contributed by atoms with Gasteiger partial charge in [0.2, 0.25) is 0 Å². The molecule has 2 unspecified atom stereocenters. The molecule has 0 heterocycles. The summed E-state index contributed by atoms with van der Waals surface area (Å²) in [6, 6.07) is 0. The summed E-state index contributed by atoms with van der Waals surface area (Å²) in [6.45, 7) is 6.27. The second-order valence-corrected chi connectivity index (χ2v) is 5.65. The molecule has 6 nitrogen and oxygen atoms in total. The molecule has 0 saturated heterocycles. The van der Waals surface area contributed by atoms with Crippen molar-refractivity contribution in [3.8, 4) is 0 Å². The highest BCUT2D eigenvalue weighted by Gasteiger charge is 2.62. The van der Waals surface area contributed by atoms with Crippen LogP contribution in [0.4, 0.5) is 0 Å². The van der Waals surface area contributed by atoms with E-state index in [9.17, 15) is 19.2 Å². The Labute approximate surface area is 116 Å². The Morgan fingerprint density at radius 1 is 1.20 bits per heavy atom. The number of ether oxygens (including phenoxy) is 1. The monoisotopic (exact) mass is 282 g/mol. The molecule has 0 aromatic rings. The zero-order valence-electron chi connectivity index (χ0n) is 11.9. The largest absolute Gasteiger partial charge is 0.478 e. The highest BCUT2D eigenvalue weighted by Crippen LogP contribution is 2.59. The van der Waals surface area contributed by atoms with Gasteiger partial charge in [-0.25, -0.2) is 4.79 Å². The number of esters is 2. The van der Waals surface area contributed by atoms with Crippen LogP contribution in [0.1, 0.15) is 34.1 Å². The van der Waals surface area contributed by atoms with E-state index in [-0.39, 0.29) is 17.3 Å². The molecule has 2 atom stereocenters. The first-order valence-electron chi connectivity index (χ1n) is 6.23. The van der Waals surface area contributed by atoms with E-state index >= 15 is 0 Å². The minimum atomic E-state index is -1.05. The zero-order valence-corrected chi connectivity index (χ0v) is 11.9. The van der Waals surface area contributed by atoms with Crippen molar-refractivity contribution in [3.05, 3.63) is 11.6 Å². The molecular formula is C14H18O6. The molecule has 0 radical (unpaired) electrons. The van der Waals surface area contributed by atoms with Crippen LogP contribution in [-0.4, -0.2) is 28.8 Å². The van der Waals surface area contributed by atoms with Crippen molar-refractivity contribution in [2.24, 2.45) is 17.3 Å². The smallest absolute Gasteiger partial charge is 0.330 e. The molecule has 1 fully saturated rings. The number of hydrogen-bond acceptors (Lipinski definition) is 5. The van der Waals surface area contributed by atoms with Gasteiger partial charge in [0.15, 0.2) is 0 Å². The number of carbonyl (C=O) groups excluding carboxylic acids is 3. The number of rotatable bonds is 5. The molecule has 1 aliphatic carbocycles. The van der Waals surface area contributed by atoms with Gasteiger partial charge in [-0.1, -0.05) is 19.9 Å². The maximum absolute atomic E-state index is 11.8. The maximum atomic E-state index is 11.8. The topological polar surface area (TPSA) is 97.7 Å². The lowest BCUT2D eigenvalue weighted by Gasteiger charge is -2.02. The van der Waals surface area contributed by atoms with Gasteiger partial charge in [0.05, 0.1) is 5.92 Å². The number of carboxylic acid groups (broad SMARTS) is 1. The number of aliphatic carboxylic acids is 1. The zero-order chi connectivity index (χ0) is 15.7. The van der Waals surface area contributed by atoms with Gasteiger partial charge in [0, 0.05) is 5.57 Å². The minimum absolute atomic E-state index is 0.147. The SMILES string of the molecule is CC(=O)CC(=O)OC(=O)C1C(/C=C(\C)C(=O)O)C1(C)C. The fraction of sp³-hybridized carbons (Fsp3) is 0.571. The van der Waals surface area contributed by atoms with Gasteiger partial charge in [-0.3, -0.25) is 14.4 Å². The fourth-order valence-corrected chi connectivity index (χ4v) is 2.19. The van der Waals surface area contributed by atoms with Crippen molar-refractivity contribution < 1.29 is 29.0 Å². The standard InChI is InChI=1S/C14H18O6/c1-7(12(17)18)5-9-11(14(9,3)4)13(19)20-10(16)6-8(2)15/h5,9,11H,6H2,1-4H3,(H,17,18)/b7-5+. The summed E-state index contributed by atoms with van der Waals surface area (Å²) in [5.41, 5.74) is -0.307. The predicted octanol–water partition coefficient (Wildman–Crippen LogP) is 1.34. The fourth-order valence-electron chi connectivity index (χ4n) is 2.19. The Kier molecular flexibility index (Phi) is 4.47. The molecule has 20 heavy (non-hydrogen) atoms. The van der Waals surface area contributed by atoms with Crippen LogP contribution < -0.4 is 0 Å². The molecule has 110 valence electrons. The van der Waals surface area contributed by atoms with Crippen LogP contribution in [0.3, 0.4) is 0 Å². The lowest BCUT2D eigenvalue weighted by atomic mass is 10.1. The second kappa shape index (κ2) is 5.56. The maximum Gasteiger partial charge on any atom is 0.330 e. The summed E-state index contributed by atoms with van der Waals surface area (Å²) in [5.74, 6) is -3.85. The average Bonchev–Trinajstić information content (AvgIpc) is 2.78. The van der Waals surface area contributed by atoms with Gasteiger partial charge in [0.25, 0.3) is 0 Å². The van der Waals surface area contributed by atoms with Crippen molar-refractivity contribution in [1.29, 1.82) is 0 Å². The van der Waals surface area contributed by atoms with Gasteiger partial charge < -0.3 is 9.84 Å². The number of allylic oxidation sites excluding steroid dienone is 1. The first-order chi connectivity index (χ1) is 9.07. The first-order valence-corrected chi connectivity index (χ1v) is 6.23. The third-order valence-electron chi connectivity index (χ3n) is 3.54. The van der Waals surface area contributed by atoms with Gasteiger partial charge in [-0.15, -0.1) is 0 Å². The van der Waals surface area contributed by atoms with E-state index < -0.39 is 35.7 Å². The molecule has 0 spiro atoms. The van der Waals surface area contributed by atoms with Gasteiger partial charge in [-0.2, -0.15) is 0 Å². The molecule has 1 saturated carbocycles. The molecule has 1 N–H and O–H groups in total. The minimum Gasteiger partial charge on any atom is -0.478 e. The summed E-state index contributed by atoms with van der Waals surface area (Å²) >= 11 is 0. The molecule has 0 aliphatic heterocycles. The molecule has 6 heteroatoms. The van der Waals surface area contributed by atoms with Crippen molar-refractivity contribution in [2.45, 2.75) is 34.1 Å². The van der Waals surface area contributed by atoms with Gasteiger partial charge in [-0.05, 0) is 25.2 Å². The number of hydrogen-bond donors (Lipinski definition) is 1. The van der Waals surface area contributed by atoms with E-state index in [1.807, 2.05) is 0 Å². The highest BCUT2D eigenvalue weighted by atomic mass is 16.6. The average molecular weight is 282 g/mol. The van der Waals surface area contributed by atoms with Crippen LogP contribution in [0.25, 0.3) is 0 Å². The summed E-state index contributed by atoms with van der Waals surface area (Å²) < 4.78 is 4.62. The van der Waals surface area contributed by atoms with E-state index in [0.29, 0.717) is 0 Å². The molecule has 0 bridgehead atoms. The Bertz CT molecular complexity index is 500. The van der Waals surface area contributed by atoms with Crippen molar-refractivity contribution in [2.75, 3.05) is 0 Å². The Balaban J connectivity index is 2.71. The first kappa shape index (κ1) is 16.1. The molecule has 0 aromatic carbocycles. The molecule has 0 aromatic heterocycles. The van der Waals surface area contributed by atoms with Crippen LogP contribution in [0.15, 0.2) is 11.6 Å². The number of Topliss-reactive ketones (excluding diaryl/α,β-unsaturated/α-hetero) is 1. The summed E-state index contributed by atoms with van der Waals surface area (Å²) in [6.07, 6.45) is 1.07. The normalized spacial score (nSPS) is 23.9. The van der Waals surface area contributed by atoms with Crippen molar-refractivity contribution >= 4 is 23.7 Å². The molecule has 1 aliphatic rings. The van der Waals surface area contributed by atoms with E-state index in [4.69, 9.17) is 5.11 Å². The Morgan fingerprint density at radius 2 is 1.75 bits per heavy atom. The van der Waals surface area contributed by atoms with E-state index in [2.05, 4.69) is 4.74 Å². The van der Waals surface area contributed by atoms with Crippen LogP contribution >= 0.6 is 0 Å². The lowest BCUT2D eigenvalue weighted by Crippen LogP contribution is -2.18. The van der Waals surface area contributed by atoms with Crippen LogP contribution in [0, 0.1) is 17.3 Å². The summed E-state index contributed by atoms with van der Waals surface area (Å²) in [4.78, 5) is 44.6. The predicted molar refractivity (Wildman–Crippen MR) is 68.6 cm³/mol. The summed E-state index contributed by atoms with van der Waals surface area (Å²) in [5, 5.41) is 8.82. The van der Waals surface area contributed by atoms with Crippen molar-refractivity contribution in [3.63, 3.8) is 0 Å². The second-order valence-electron chi connectivity index (χ2n) is 5.65. The van der Waals surface area contributed by atoms with Crippen LogP contribution in [0.5, 0.6) is 0 Å². The van der Waals surface area contributed by atoms with E-state index in [0.717, 1.165) is 0 Å². The van der Waals surface area contributed by atoms with Crippen LogP contribution in [-0.2, 0) is 23.9 Å². The highest BCUT2D eigenvalue weighted by molar-refractivity contribution is 5.99. The number of carboxylic acids is 1. The van der Waals surface area contributed by atoms with E-state index in [1.165, 1.54) is 19.9 Å². The quantitative estimate of drug-likeness (QED) is 0.464. The van der Waals surface area contributed by atoms with Gasteiger partial charge >= 0.3 is 17.9 Å².